The quantitative estimate of drug-likeness (QED) is 0.761. The predicted molar refractivity (Wildman–Crippen MR) is 89.9 cm³/mol. The Morgan fingerprint density at radius 3 is 1.50 bits per heavy atom. The summed E-state index contributed by atoms with van der Waals surface area (Å²) in [7, 11) is 0. The first-order valence-corrected chi connectivity index (χ1v) is 8.77. The lowest BCUT2D eigenvalue weighted by Gasteiger charge is -2.45. The van der Waals surface area contributed by atoms with Crippen LogP contribution < -0.4 is 5.11 Å². The highest BCUT2D eigenvalue weighted by Crippen LogP contribution is 2.61. The summed E-state index contributed by atoms with van der Waals surface area (Å²) in [6.45, 7) is 1.34. The fourth-order valence-electron chi connectivity index (χ4n) is 5.19. The number of carboxylic acids is 1. The van der Waals surface area contributed by atoms with Crippen LogP contribution in [0.1, 0.15) is 41.0 Å². The number of carbonyl (C=O) groups is 3. The summed E-state index contributed by atoms with van der Waals surface area (Å²) in [4.78, 5) is 38.5. The number of benzene rings is 2. The second-order valence-corrected chi connectivity index (χ2v) is 7.31. The fourth-order valence-corrected chi connectivity index (χ4v) is 5.19. The highest BCUT2D eigenvalue weighted by Gasteiger charge is 2.62. The zero-order chi connectivity index (χ0) is 18.2. The van der Waals surface area contributed by atoms with Gasteiger partial charge in [0.1, 0.15) is 0 Å². The molecular weight excluding hydrogens is 330 g/mol. The fraction of sp³-hybridized carbons (Fsp3) is 0.286. The van der Waals surface area contributed by atoms with Crippen molar-refractivity contribution in [3.63, 3.8) is 0 Å². The maximum atomic E-state index is 13.1. The van der Waals surface area contributed by atoms with E-state index in [1.54, 1.807) is 0 Å². The number of carbonyl (C=O) groups excluding carboxylic acids is 3. The number of imide groups is 1. The Hall–Kier alpha value is -2.95. The Balaban J connectivity index is 1.74. The second kappa shape index (κ2) is 5.04. The number of likely N-dealkylation sites (tertiary alicyclic amines) is 1. The molecule has 0 unspecified atom stereocenters. The molecule has 3 atom stereocenters. The normalized spacial score (nSPS) is 29.2. The second-order valence-electron chi connectivity index (χ2n) is 7.31. The monoisotopic (exact) mass is 346 g/mol. The Kier molecular flexibility index (Phi) is 2.97. The highest BCUT2D eigenvalue weighted by atomic mass is 16.4. The van der Waals surface area contributed by atoms with Gasteiger partial charge in [-0.3, -0.25) is 14.5 Å². The van der Waals surface area contributed by atoms with Crippen molar-refractivity contribution < 1.29 is 19.5 Å². The first-order chi connectivity index (χ1) is 12.5. The molecule has 5 heteroatoms. The lowest BCUT2D eigenvalue weighted by Crippen LogP contribution is -2.49. The van der Waals surface area contributed by atoms with Gasteiger partial charge in [-0.15, -0.1) is 0 Å². The van der Waals surface area contributed by atoms with E-state index in [4.69, 9.17) is 0 Å². The molecule has 1 saturated heterocycles. The minimum atomic E-state index is -1.41. The van der Waals surface area contributed by atoms with Gasteiger partial charge in [0.05, 0.1) is 23.8 Å². The van der Waals surface area contributed by atoms with Gasteiger partial charge in [0.2, 0.25) is 11.8 Å². The van der Waals surface area contributed by atoms with Crippen LogP contribution in [0.4, 0.5) is 0 Å². The van der Waals surface area contributed by atoms with Crippen molar-refractivity contribution in [2.45, 2.75) is 24.8 Å². The van der Waals surface area contributed by atoms with Crippen molar-refractivity contribution in [2.75, 3.05) is 0 Å². The maximum Gasteiger partial charge on any atom is 0.234 e. The maximum absolute atomic E-state index is 13.1. The molecule has 6 rings (SSSR count). The molecule has 0 spiro atoms. The zero-order valence-corrected chi connectivity index (χ0v) is 14.1. The van der Waals surface area contributed by atoms with Gasteiger partial charge in [-0.2, -0.15) is 0 Å². The van der Waals surface area contributed by atoms with Crippen LogP contribution in [0.15, 0.2) is 48.5 Å². The lowest BCUT2D eigenvalue weighted by molar-refractivity contribution is -0.310. The number of amides is 2. The first kappa shape index (κ1) is 15.3. The third kappa shape index (κ3) is 1.68. The van der Waals surface area contributed by atoms with E-state index in [9.17, 15) is 19.5 Å². The van der Waals surface area contributed by atoms with Gasteiger partial charge >= 0.3 is 0 Å². The van der Waals surface area contributed by atoms with Crippen molar-refractivity contribution in [3.05, 3.63) is 70.8 Å². The number of rotatable bonds is 2. The molecule has 2 aromatic carbocycles. The number of nitrogens with zero attached hydrogens (tertiary/aromatic N) is 1. The SMILES string of the molecule is C[C@@H](C(=O)[O-])N1C(=O)[C@@H]2C3c4ccccc4C(c4ccccc43)[C@@H]2C1=O. The molecule has 0 saturated carbocycles. The van der Waals surface area contributed by atoms with Crippen LogP contribution in [-0.2, 0) is 14.4 Å². The van der Waals surface area contributed by atoms with E-state index in [1.807, 2.05) is 48.5 Å². The highest BCUT2D eigenvalue weighted by molar-refractivity contribution is 6.09. The molecule has 1 aliphatic heterocycles. The number of carboxylic acid groups (broad SMARTS) is 1. The van der Waals surface area contributed by atoms with Crippen LogP contribution >= 0.6 is 0 Å². The Labute approximate surface area is 150 Å². The summed E-state index contributed by atoms with van der Waals surface area (Å²) < 4.78 is 0. The Bertz CT molecular complexity index is 866. The molecule has 4 aliphatic rings. The molecule has 2 bridgehead atoms. The molecular formula is C21H16NO4-. The molecule has 26 heavy (non-hydrogen) atoms. The van der Waals surface area contributed by atoms with Gasteiger partial charge in [0, 0.05) is 11.8 Å². The standard InChI is InChI=1S/C21H17NO4/c1-10(21(25)26)22-19(23)17-15-11-6-2-3-7-12(11)16(18(17)20(22)24)14-9-5-4-8-13(14)15/h2-10,15-18H,1H3,(H,25,26)/p-1/t10-,15?,16?,17-,18+/m0/s1. The van der Waals surface area contributed by atoms with Crippen LogP contribution in [0.3, 0.4) is 0 Å². The van der Waals surface area contributed by atoms with Gasteiger partial charge in [0.15, 0.2) is 0 Å². The summed E-state index contributed by atoms with van der Waals surface area (Å²) in [6.07, 6.45) is 0. The number of aliphatic carboxylic acids is 1. The molecule has 0 N–H and O–H groups in total. The molecule has 3 aliphatic carbocycles. The minimum absolute atomic E-state index is 0.215. The predicted octanol–water partition coefficient (Wildman–Crippen LogP) is 1.02. The molecule has 0 aromatic heterocycles. The average molecular weight is 346 g/mol. The van der Waals surface area contributed by atoms with E-state index in [0.29, 0.717) is 0 Å². The Morgan fingerprint density at radius 1 is 0.846 bits per heavy atom. The zero-order valence-electron chi connectivity index (χ0n) is 14.1. The molecule has 1 fully saturated rings. The molecule has 1 heterocycles. The molecule has 2 aromatic rings. The van der Waals surface area contributed by atoms with E-state index in [1.165, 1.54) is 6.92 Å². The Morgan fingerprint density at radius 2 is 1.19 bits per heavy atom. The summed E-state index contributed by atoms with van der Waals surface area (Å²) in [6, 6.07) is 14.6. The van der Waals surface area contributed by atoms with E-state index in [2.05, 4.69) is 0 Å². The average Bonchev–Trinajstić information content (AvgIpc) is 2.92. The van der Waals surface area contributed by atoms with E-state index in [0.717, 1.165) is 27.2 Å². The van der Waals surface area contributed by atoms with Gasteiger partial charge in [-0.05, 0) is 29.2 Å². The van der Waals surface area contributed by atoms with Gasteiger partial charge in [-0.1, -0.05) is 48.5 Å². The van der Waals surface area contributed by atoms with Crippen LogP contribution in [0.2, 0.25) is 0 Å². The van der Waals surface area contributed by atoms with Crippen molar-refractivity contribution in [1.29, 1.82) is 0 Å². The van der Waals surface area contributed by atoms with E-state index < -0.39 is 35.7 Å². The third-order valence-electron chi connectivity index (χ3n) is 6.21. The molecule has 130 valence electrons. The summed E-state index contributed by atoms with van der Waals surface area (Å²) >= 11 is 0. The van der Waals surface area contributed by atoms with E-state index in [-0.39, 0.29) is 11.8 Å². The smallest absolute Gasteiger partial charge is 0.234 e. The van der Waals surface area contributed by atoms with Crippen molar-refractivity contribution in [1.82, 2.24) is 4.90 Å². The molecule has 2 amide bonds. The number of hydrogen-bond donors (Lipinski definition) is 0. The molecule has 0 radical (unpaired) electrons. The largest absolute Gasteiger partial charge is 0.548 e. The lowest BCUT2D eigenvalue weighted by atomic mass is 9.55. The minimum Gasteiger partial charge on any atom is -0.548 e. The summed E-state index contributed by atoms with van der Waals surface area (Å²) in [5.74, 6) is -3.71. The van der Waals surface area contributed by atoms with E-state index >= 15 is 0 Å². The number of hydrogen-bond acceptors (Lipinski definition) is 4. The van der Waals surface area contributed by atoms with Gasteiger partial charge < -0.3 is 9.90 Å². The molecule has 5 nitrogen and oxygen atoms in total. The topological polar surface area (TPSA) is 77.5 Å². The van der Waals surface area contributed by atoms with Crippen LogP contribution in [0.25, 0.3) is 0 Å². The van der Waals surface area contributed by atoms with Gasteiger partial charge in [-0.25, -0.2) is 0 Å². The first-order valence-electron chi connectivity index (χ1n) is 8.77. The van der Waals surface area contributed by atoms with Crippen molar-refractivity contribution >= 4 is 17.8 Å². The summed E-state index contributed by atoms with van der Waals surface area (Å²) in [5, 5.41) is 11.3. The van der Waals surface area contributed by atoms with Crippen molar-refractivity contribution in [2.24, 2.45) is 11.8 Å². The summed E-state index contributed by atoms with van der Waals surface area (Å²) in [5.41, 5.74) is 4.28. The van der Waals surface area contributed by atoms with Crippen molar-refractivity contribution in [3.8, 4) is 0 Å². The van der Waals surface area contributed by atoms with Gasteiger partial charge in [0.25, 0.3) is 0 Å². The van der Waals surface area contributed by atoms with Crippen LogP contribution in [0.5, 0.6) is 0 Å². The van der Waals surface area contributed by atoms with Crippen LogP contribution in [0, 0.1) is 11.8 Å². The van der Waals surface area contributed by atoms with Crippen LogP contribution in [-0.4, -0.2) is 28.7 Å². The third-order valence-corrected chi connectivity index (χ3v) is 6.21.